The van der Waals surface area contributed by atoms with Gasteiger partial charge >= 0.3 is 6.18 Å². The Kier molecular flexibility index (Phi) is 5.27. The molecule has 2 rings (SSSR count). The van der Waals surface area contributed by atoms with Gasteiger partial charge < -0.3 is 5.73 Å². The van der Waals surface area contributed by atoms with Gasteiger partial charge in [-0.2, -0.15) is 13.2 Å². The van der Waals surface area contributed by atoms with E-state index in [0.29, 0.717) is 11.5 Å². The molecule has 5 heteroatoms. The smallest absolute Gasteiger partial charge is 0.329 e. The zero-order chi connectivity index (χ0) is 15.5. The Bertz CT molecular complexity index is 455. The highest BCUT2D eigenvalue weighted by atomic mass is 19.4. The maximum atomic E-state index is 13.2. The van der Waals surface area contributed by atoms with Crippen molar-refractivity contribution in [1.29, 1.82) is 0 Å². The van der Waals surface area contributed by atoms with Crippen LogP contribution in [0, 0.1) is 5.92 Å². The van der Waals surface area contributed by atoms with Gasteiger partial charge in [0.15, 0.2) is 0 Å². The predicted molar refractivity (Wildman–Crippen MR) is 77.8 cm³/mol. The van der Waals surface area contributed by atoms with Gasteiger partial charge in [0.05, 0.1) is 5.56 Å². The molecule has 1 aliphatic rings. The van der Waals surface area contributed by atoms with Gasteiger partial charge in [0.1, 0.15) is 0 Å². The van der Waals surface area contributed by atoms with Crippen LogP contribution in [0.15, 0.2) is 24.3 Å². The number of rotatable bonds is 7. The van der Waals surface area contributed by atoms with Crippen LogP contribution < -0.4 is 5.73 Å². The summed E-state index contributed by atoms with van der Waals surface area (Å²) < 4.78 is 39.6. The molecular formula is C16H23F3N2. The molecule has 1 aliphatic carbocycles. The highest BCUT2D eigenvalue weighted by Crippen LogP contribution is 2.38. The van der Waals surface area contributed by atoms with Crippen LogP contribution in [0.25, 0.3) is 0 Å². The maximum absolute atomic E-state index is 13.2. The molecule has 1 unspecified atom stereocenters. The van der Waals surface area contributed by atoms with Gasteiger partial charge in [0.25, 0.3) is 0 Å². The lowest BCUT2D eigenvalue weighted by atomic mass is 9.98. The molecule has 0 amide bonds. The van der Waals surface area contributed by atoms with E-state index in [-0.39, 0.29) is 12.6 Å². The van der Waals surface area contributed by atoms with Gasteiger partial charge in [-0.05, 0) is 43.4 Å². The summed E-state index contributed by atoms with van der Waals surface area (Å²) in [7, 11) is 0. The van der Waals surface area contributed by atoms with E-state index in [0.717, 1.165) is 25.6 Å². The van der Waals surface area contributed by atoms with Crippen molar-refractivity contribution in [2.45, 2.75) is 38.4 Å². The van der Waals surface area contributed by atoms with Crippen LogP contribution in [0.4, 0.5) is 13.2 Å². The molecule has 1 aromatic carbocycles. The van der Waals surface area contributed by atoms with Gasteiger partial charge in [0.2, 0.25) is 0 Å². The molecule has 0 saturated heterocycles. The first kappa shape index (κ1) is 16.3. The molecular weight excluding hydrogens is 277 g/mol. The molecule has 0 bridgehead atoms. The van der Waals surface area contributed by atoms with Gasteiger partial charge in [-0.25, -0.2) is 0 Å². The average molecular weight is 300 g/mol. The minimum Gasteiger partial charge on any atom is -0.329 e. The van der Waals surface area contributed by atoms with Crippen LogP contribution in [-0.2, 0) is 6.18 Å². The molecule has 1 atom stereocenters. The summed E-state index contributed by atoms with van der Waals surface area (Å²) in [5.41, 5.74) is 5.58. The molecule has 1 aromatic rings. The lowest BCUT2D eigenvalue weighted by Crippen LogP contribution is -2.37. The van der Waals surface area contributed by atoms with Crippen molar-refractivity contribution >= 4 is 0 Å². The predicted octanol–water partition coefficient (Wildman–Crippen LogP) is 3.83. The van der Waals surface area contributed by atoms with Gasteiger partial charge in [-0.3, -0.25) is 4.90 Å². The summed E-state index contributed by atoms with van der Waals surface area (Å²) in [5.74, 6) is 0.628. The molecule has 0 radical (unpaired) electrons. The first-order chi connectivity index (χ1) is 9.97. The van der Waals surface area contributed by atoms with E-state index in [4.69, 9.17) is 5.73 Å². The van der Waals surface area contributed by atoms with Crippen molar-refractivity contribution in [3.63, 3.8) is 0 Å². The van der Waals surface area contributed by atoms with Crippen molar-refractivity contribution in [3.8, 4) is 0 Å². The number of nitrogens with zero attached hydrogens (tertiary/aromatic N) is 1. The van der Waals surface area contributed by atoms with E-state index in [1.165, 1.54) is 18.9 Å². The van der Waals surface area contributed by atoms with Gasteiger partial charge in [-0.1, -0.05) is 25.1 Å². The lowest BCUT2D eigenvalue weighted by Gasteiger charge is -2.32. The first-order valence-electron chi connectivity index (χ1n) is 7.57. The van der Waals surface area contributed by atoms with E-state index < -0.39 is 11.7 Å². The summed E-state index contributed by atoms with van der Waals surface area (Å²) in [4.78, 5) is 2.13. The number of hydrogen-bond acceptors (Lipinski definition) is 2. The Balaban J connectivity index is 2.30. The molecule has 1 fully saturated rings. The zero-order valence-corrected chi connectivity index (χ0v) is 12.4. The minimum absolute atomic E-state index is 0.208. The third-order valence-corrected chi connectivity index (χ3v) is 3.99. The Hall–Kier alpha value is -1.07. The lowest BCUT2D eigenvalue weighted by molar-refractivity contribution is -0.138. The Morgan fingerprint density at radius 3 is 2.48 bits per heavy atom. The fourth-order valence-corrected chi connectivity index (χ4v) is 2.81. The summed E-state index contributed by atoms with van der Waals surface area (Å²) in [6.07, 6.45) is -1.06. The van der Waals surface area contributed by atoms with Crippen LogP contribution in [0.5, 0.6) is 0 Å². The van der Waals surface area contributed by atoms with Gasteiger partial charge in [-0.15, -0.1) is 0 Å². The Morgan fingerprint density at radius 1 is 1.29 bits per heavy atom. The van der Waals surface area contributed by atoms with Crippen LogP contribution in [0.3, 0.4) is 0 Å². The van der Waals surface area contributed by atoms with Crippen molar-refractivity contribution in [1.82, 2.24) is 4.90 Å². The topological polar surface area (TPSA) is 29.3 Å². The SMILES string of the molecule is CCCN(CC1CC1)C(CN)c1ccccc1C(F)(F)F. The molecule has 0 spiro atoms. The monoisotopic (exact) mass is 300 g/mol. The van der Waals surface area contributed by atoms with E-state index >= 15 is 0 Å². The molecule has 2 nitrogen and oxygen atoms in total. The molecule has 0 aliphatic heterocycles. The Labute approximate surface area is 124 Å². The number of alkyl halides is 3. The Morgan fingerprint density at radius 2 is 1.95 bits per heavy atom. The third kappa shape index (κ3) is 4.20. The number of hydrogen-bond donors (Lipinski definition) is 1. The van der Waals surface area contributed by atoms with E-state index in [1.54, 1.807) is 12.1 Å². The summed E-state index contributed by atoms with van der Waals surface area (Å²) >= 11 is 0. The molecule has 118 valence electrons. The maximum Gasteiger partial charge on any atom is 0.416 e. The van der Waals surface area contributed by atoms with Crippen molar-refractivity contribution in [2.75, 3.05) is 19.6 Å². The molecule has 1 saturated carbocycles. The number of nitrogens with two attached hydrogens (primary N) is 1. The van der Waals surface area contributed by atoms with Crippen molar-refractivity contribution in [3.05, 3.63) is 35.4 Å². The minimum atomic E-state index is -4.33. The largest absolute Gasteiger partial charge is 0.416 e. The second-order valence-electron chi connectivity index (χ2n) is 5.77. The fourth-order valence-electron chi connectivity index (χ4n) is 2.81. The van der Waals surface area contributed by atoms with E-state index in [2.05, 4.69) is 4.90 Å². The van der Waals surface area contributed by atoms with Gasteiger partial charge in [0, 0.05) is 19.1 Å². The summed E-state index contributed by atoms with van der Waals surface area (Å²) in [6, 6.07) is 5.46. The highest BCUT2D eigenvalue weighted by molar-refractivity contribution is 5.32. The quantitative estimate of drug-likeness (QED) is 0.829. The van der Waals surface area contributed by atoms with Crippen LogP contribution in [-0.4, -0.2) is 24.5 Å². The molecule has 21 heavy (non-hydrogen) atoms. The second kappa shape index (κ2) is 6.79. The molecule has 2 N–H and O–H groups in total. The highest BCUT2D eigenvalue weighted by Gasteiger charge is 2.36. The normalized spacial score (nSPS) is 17.2. The zero-order valence-electron chi connectivity index (χ0n) is 12.4. The van der Waals surface area contributed by atoms with Crippen LogP contribution in [0.2, 0.25) is 0 Å². The third-order valence-electron chi connectivity index (χ3n) is 3.99. The van der Waals surface area contributed by atoms with Crippen molar-refractivity contribution in [2.24, 2.45) is 11.7 Å². The fraction of sp³-hybridized carbons (Fsp3) is 0.625. The standard InChI is InChI=1S/C16H23F3N2/c1-2-9-21(11-12-7-8-12)15(10-20)13-5-3-4-6-14(13)16(17,18)19/h3-6,12,15H,2,7-11,20H2,1H3. The van der Waals surface area contributed by atoms with Crippen LogP contribution in [0.1, 0.15) is 43.4 Å². The second-order valence-corrected chi connectivity index (χ2v) is 5.77. The number of benzene rings is 1. The number of halogens is 3. The average Bonchev–Trinajstić information content (AvgIpc) is 3.23. The van der Waals surface area contributed by atoms with Crippen molar-refractivity contribution < 1.29 is 13.2 Å². The van der Waals surface area contributed by atoms with E-state index in [1.807, 2.05) is 6.92 Å². The van der Waals surface area contributed by atoms with E-state index in [9.17, 15) is 13.2 Å². The molecule has 0 aromatic heterocycles. The molecule has 0 heterocycles. The van der Waals surface area contributed by atoms with Crippen LogP contribution >= 0.6 is 0 Å². The summed E-state index contributed by atoms with van der Waals surface area (Å²) in [6.45, 7) is 3.88. The first-order valence-corrected chi connectivity index (χ1v) is 7.57. The summed E-state index contributed by atoms with van der Waals surface area (Å²) in [5, 5.41) is 0.